The minimum Gasteiger partial charge on any atom is -0.356 e. The van der Waals surface area contributed by atoms with Crippen LogP contribution in [-0.4, -0.2) is 56.1 Å². The molecule has 0 radical (unpaired) electrons. The lowest BCUT2D eigenvalue weighted by atomic mass is 10.2. The molecule has 0 aliphatic carbocycles. The van der Waals surface area contributed by atoms with Crippen LogP contribution < -0.4 is 10.6 Å². The molecule has 118 valence electrons. The largest absolute Gasteiger partial charge is 0.356 e. The topological polar surface area (TPSA) is 39.7 Å². The number of rotatable bonds is 8. The number of thioether (sulfide) groups is 1. The molecule has 0 amide bonds. The first kappa shape index (κ1) is 17.9. The summed E-state index contributed by atoms with van der Waals surface area (Å²) in [7, 11) is 3.97. The molecule has 1 rings (SSSR count). The molecule has 0 saturated carbocycles. The number of guanidine groups is 1. The van der Waals surface area contributed by atoms with Gasteiger partial charge in [-0.05, 0) is 25.8 Å². The van der Waals surface area contributed by atoms with Gasteiger partial charge in [-0.15, -0.1) is 0 Å². The van der Waals surface area contributed by atoms with E-state index in [1.807, 2.05) is 18.8 Å². The van der Waals surface area contributed by atoms with Gasteiger partial charge in [-0.1, -0.05) is 30.3 Å². The smallest absolute Gasteiger partial charge is 0.191 e. The fourth-order valence-corrected chi connectivity index (χ4v) is 2.23. The van der Waals surface area contributed by atoms with Crippen molar-refractivity contribution in [1.29, 1.82) is 0 Å². The number of hydrogen-bond acceptors (Lipinski definition) is 3. The molecule has 0 heterocycles. The van der Waals surface area contributed by atoms with E-state index >= 15 is 0 Å². The van der Waals surface area contributed by atoms with Gasteiger partial charge in [0.25, 0.3) is 0 Å². The van der Waals surface area contributed by atoms with Crippen molar-refractivity contribution < 1.29 is 0 Å². The predicted molar refractivity (Wildman–Crippen MR) is 95.1 cm³/mol. The normalized spacial score (nSPS) is 13.3. The van der Waals surface area contributed by atoms with E-state index in [0.29, 0.717) is 6.04 Å². The van der Waals surface area contributed by atoms with Crippen molar-refractivity contribution in [1.82, 2.24) is 15.5 Å². The fraction of sp³-hybridized carbons (Fsp3) is 0.562. The zero-order chi connectivity index (χ0) is 15.5. The molecule has 0 bridgehead atoms. The maximum Gasteiger partial charge on any atom is 0.191 e. The molecule has 1 aromatic rings. The lowest BCUT2D eigenvalue weighted by Crippen LogP contribution is -2.45. The van der Waals surface area contributed by atoms with Crippen molar-refractivity contribution in [3.8, 4) is 0 Å². The molecule has 1 aromatic carbocycles. The maximum atomic E-state index is 4.24. The first-order valence-electron chi connectivity index (χ1n) is 7.35. The summed E-state index contributed by atoms with van der Waals surface area (Å²) in [6.45, 7) is 5.00. The number of aliphatic imine (C=N–C) groups is 1. The van der Waals surface area contributed by atoms with Crippen LogP contribution in [0.5, 0.6) is 0 Å². The zero-order valence-corrected chi connectivity index (χ0v) is 14.4. The first-order valence-corrected chi connectivity index (χ1v) is 8.74. The molecule has 4 nitrogen and oxygen atoms in total. The van der Waals surface area contributed by atoms with Gasteiger partial charge in [0.2, 0.25) is 0 Å². The Balaban J connectivity index is 2.33. The molecule has 0 aromatic heterocycles. The Morgan fingerprint density at radius 2 is 2.00 bits per heavy atom. The van der Waals surface area contributed by atoms with Crippen molar-refractivity contribution in [2.45, 2.75) is 19.5 Å². The third-order valence-electron chi connectivity index (χ3n) is 3.41. The van der Waals surface area contributed by atoms with E-state index in [2.05, 4.69) is 71.1 Å². The summed E-state index contributed by atoms with van der Waals surface area (Å²) >= 11 is 1.83. The molecule has 0 spiro atoms. The maximum absolute atomic E-state index is 4.24. The number of likely N-dealkylation sites (N-methyl/N-ethyl adjacent to an activating group) is 1. The van der Waals surface area contributed by atoms with Crippen LogP contribution in [0.3, 0.4) is 0 Å². The van der Waals surface area contributed by atoms with Crippen LogP contribution in [0.4, 0.5) is 0 Å². The molecule has 1 atom stereocenters. The van der Waals surface area contributed by atoms with Gasteiger partial charge in [0.15, 0.2) is 5.96 Å². The number of benzene rings is 1. The SMILES string of the molecule is CN=C(NCCSC)NCC(C)N(C)Cc1ccccc1. The molecular weight excluding hydrogens is 280 g/mol. The van der Waals surface area contributed by atoms with E-state index in [1.165, 1.54) is 5.56 Å². The third kappa shape index (κ3) is 7.39. The molecular formula is C16H28N4S. The molecule has 21 heavy (non-hydrogen) atoms. The van der Waals surface area contributed by atoms with E-state index < -0.39 is 0 Å². The predicted octanol–water partition coefficient (Wildman–Crippen LogP) is 2.03. The van der Waals surface area contributed by atoms with Gasteiger partial charge in [0, 0.05) is 38.5 Å². The monoisotopic (exact) mass is 308 g/mol. The highest BCUT2D eigenvalue weighted by molar-refractivity contribution is 7.98. The Morgan fingerprint density at radius 1 is 1.29 bits per heavy atom. The van der Waals surface area contributed by atoms with Crippen molar-refractivity contribution in [3.05, 3.63) is 35.9 Å². The van der Waals surface area contributed by atoms with Gasteiger partial charge in [-0.3, -0.25) is 9.89 Å². The van der Waals surface area contributed by atoms with Gasteiger partial charge >= 0.3 is 0 Å². The van der Waals surface area contributed by atoms with Gasteiger partial charge in [0.05, 0.1) is 0 Å². The van der Waals surface area contributed by atoms with Crippen molar-refractivity contribution in [2.75, 3.05) is 39.2 Å². The Hall–Kier alpha value is -1.20. The van der Waals surface area contributed by atoms with Crippen LogP contribution in [0, 0.1) is 0 Å². The summed E-state index contributed by atoms with van der Waals surface area (Å²) in [6.07, 6.45) is 2.11. The number of nitrogens with zero attached hydrogens (tertiary/aromatic N) is 2. The summed E-state index contributed by atoms with van der Waals surface area (Å²) in [6, 6.07) is 11.0. The zero-order valence-electron chi connectivity index (χ0n) is 13.6. The third-order valence-corrected chi connectivity index (χ3v) is 4.03. The van der Waals surface area contributed by atoms with Crippen LogP contribution >= 0.6 is 11.8 Å². The van der Waals surface area contributed by atoms with Crippen molar-refractivity contribution in [3.63, 3.8) is 0 Å². The summed E-state index contributed by atoms with van der Waals surface area (Å²) < 4.78 is 0. The van der Waals surface area contributed by atoms with Crippen molar-refractivity contribution in [2.24, 2.45) is 4.99 Å². The lowest BCUT2D eigenvalue weighted by Gasteiger charge is -2.25. The highest BCUT2D eigenvalue weighted by atomic mass is 32.2. The molecule has 0 aliphatic rings. The second-order valence-corrected chi connectivity index (χ2v) is 6.11. The van der Waals surface area contributed by atoms with Crippen LogP contribution in [0.1, 0.15) is 12.5 Å². The van der Waals surface area contributed by atoms with Crippen LogP contribution in [0.15, 0.2) is 35.3 Å². The molecule has 0 saturated heterocycles. The summed E-state index contributed by atoms with van der Waals surface area (Å²) in [5.74, 6) is 1.97. The molecule has 2 N–H and O–H groups in total. The van der Waals surface area contributed by atoms with Gasteiger partial charge in [-0.2, -0.15) is 11.8 Å². The standard InChI is InChI=1S/C16H28N4S/c1-14(12-19-16(17-2)18-10-11-21-4)20(3)13-15-8-6-5-7-9-15/h5-9,14H,10-13H2,1-4H3,(H2,17,18,19). The Labute approximate surface area is 133 Å². The molecule has 0 aliphatic heterocycles. The number of hydrogen-bond donors (Lipinski definition) is 2. The summed E-state index contributed by atoms with van der Waals surface area (Å²) in [5, 5.41) is 6.70. The van der Waals surface area contributed by atoms with Crippen LogP contribution in [0.25, 0.3) is 0 Å². The second kappa shape index (κ2) is 10.5. The molecule has 1 unspecified atom stereocenters. The molecule has 0 fully saturated rings. The Kier molecular flexibility index (Phi) is 8.94. The first-order chi connectivity index (χ1) is 10.2. The van der Waals surface area contributed by atoms with E-state index in [9.17, 15) is 0 Å². The average Bonchev–Trinajstić information content (AvgIpc) is 2.51. The van der Waals surface area contributed by atoms with Crippen LogP contribution in [0.2, 0.25) is 0 Å². The quantitative estimate of drug-likeness (QED) is 0.438. The summed E-state index contributed by atoms with van der Waals surface area (Å²) in [5.41, 5.74) is 1.34. The minimum absolute atomic E-state index is 0.435. The van der Waals surface area contributed by atoms with E-state index in [-0.39, 0.29) is 0 Å². The Bertz CT molecular complexity index is 408. The molecule has 5 heteroatoms. The average molecular weight is 308 g/mol. The minimum atomic E-state index is 0.435. The highest BCUT2D eigenvalue weighted by Gasteiger charge is 2.10. The van der Waals surface area contributed by atoms with Gasteiger partial charge in [0.1, 0.15) is 0 Å². The van der Waals surface area contributed by atoms with E-state index in [1.54, 1.807) is 0 Å². The Morgan fingerprint density at radius 3 is 2.62 bits per heavy atom. The lowest BCUT2D eigenvalue weighted by molar-refractivity contribution is 0.249. The fourth-order valence-electron chi connectivity index (χ4n) is 1.92. The highest BCUT2D eigenvalue weighted by Crippen LogP contribution is 2.05. The van der Waals surface area contributed by atoms with Gasteiger partial charge < -0.3 is 10.6 Å². The summed E-state index contributed by atoms with van der Waals surface area (Å²) in [4.78, 5) is 6.59. The van der Waals surface area contributed by atoms with Crippen molar-refractivity contribution >= 4 is 17.7 Å². The van der Waals surface area contributed by atoms with Gasteiger partial charge in [-0.25, -0.2) is 0 Å². The van der Waals surface area contributed by atoms with E-state index in [0.717, 1.165) is 31.3 Å². The second-order valence-electron chi connectivity index (χ2n) is 5.12. The van der Waals surface area contributed by atoms with Crippen LogP contribution in [-0.2, 0) is 6.54 Å². The van der Waals surface area contributed by atoms with E-state index in [4.69, 9.17) is 0 Å². The number of nitrogens with one attached hydrogen (secondary N) is 2.